The molecule has 1 aliphatic heterocycles. The molecule has 3 heteroatoms. The van der Waals surface area contributed by atoms with Crippen LogP contribution in [0.4, 0.5) is 11.6 Å². The standard InChI is InChI=1S/C21H26N2O/c1-2-6-17(7-3-1)18-8-10-19(11-9-18)22-16-20-12-13-21(24-20)23-14-4-5-15-23/h8-13,16-17H,1-7,14-15H2. The van der Waals surface area contributed by atoms with Crippen LogP contribution in [0.15, 0.2) is 45.8 Å². The molecule has 2 aliphatic rings. The lowest BCUT2D eigenvalue weighted by Gasteiger charge is -2.21. The van der Waals surface area contributed by atoms with E-state index in [0.717, 1.165) is 36.3 Å². The van der Waals surface area contributed by atoms with Gasteiger partial charge in [0.05, 0.1) is 11.9 Å². The number of hydrogen-bond acceptors (Lipinski definition) is 3. The molecule has 126 valence electrons. The molecule has 24 heavy (non-hydrogen) atoms. The summed E-state index contributed by atoms with van der Waals surface area (Å²) in [5, 5.41) is 0. The number of nitrogens with zero attached hydrogens (tertiary/aromatic N) is 2. The number of benzene rings is 1. The molecule has 1 aliphatic carbocycles. The predicted octanol–water partition coefficient (Wildman–Crippen LogP) is 5.68. The van der Waals surface area contributed by atoms with Crippen molar-refractivity contribution >= 4 is 17.8 Å². The minimum absolute atomic E-state index is 0.755. The van der Waals surface area contributed by atoms with Crippen molar-refractivity contribution in [1.82, 2.24) is 0 Å². The first-order valence-electron chi connectivity index (χ1n) is 9.37. The number of hydrogen-bond donors (Lipinski definition) is 0. The molecule has 4 rings (SSSR count). The van der Waals surface area contributed by atoms with Crippen molar-refractivity contribution in [2.24, 2.45) is 4.99 Å². The Morgan fingerprint density at radius 2 is 1.62 bits per heavy atom. The van der Waals surface area contributed by atoms with Gasteiger partial charge in [-0.2, -0.15) is 0 Å². The van der Waals surface area contributed by atoms with Gasteiger partial charge >= 0.3 is 0 Å². The summed E-state index contributed by atoms with van der Waals surface area (Å²) >= 11 is 0. The first-order chi connectivity index (χ1) is 11.9. The molecule has 3 nitrogen and oxygen atoms in total. The monoisotopic (exact) mass is 322 g/mol. The van der Waals surface area contributed by atoms with Gasteiger partial charge in [-0.15, -0.1) is 0 Å². The van der Waals surface area contributed by atoms with Crippen LogP contribution in [0.3, 0.4) is 0 Å². The van der Waals surface area contributed by atoms with Crippen LogP contribution < -0.4 is 4.90 Å². The van der Waals surface area contributed by atoms with Crippen molar-refractivity contribution in [2.45, 2.75) is 50.9 Å². The normalized spacial score (nSPS) is 19.4. The predicted molar refractivity (Wildman–Crippen MR) is 99.7 cm³/mol. The summed E-state index contributed by atoms with van der Waals surface area (Å²) in [6, 6.07) is 12.8. The van der Waals surface area contributed by atoms with E-state index in [0.29, 0.717) is 0 Å². The maximum Gasteiger partial charge on any atom is 0.196 e. The highest BCUT2D eigenvalue weighted by atomic mass is 16.4. The fourth-order valence-corrected chi connectivity index (χ4v) is 3.93. The second-order valence-electron chi connectivity index (χ2n) is 7.05. The second kappa shape index (κ2) is 7.25. The van der Waals surface area contributed by atoms with E-state index < -0.39 is 0 Å². The molecule has 2 heterocycles. The van der Waals surface area contributed by atoms with Crippen LogP contribution in [0.5, 0.6) is 0 Å². The maximum atomic E-state index is 5.88. The minimum atomic E-state index is 0.755. The van der Waals surface area contributed by atoms with Crippen molar-refractivity contribution in [3.8, 4) is 0 Å². The molecule has 2 fully saturated rings. The molecule has 1 saturated heterocycles. The van der Waals surface area contributed by atoms with Crippen molar-refractivity contribution in [3.63, 3.8) is 0 Å². The molecule has 0 unspecified atom stereocenters. The highest BCUT2D eigenvalue weighted by molar-refractivity contribution is 5.79. The summed E-state index contributed by atoms with van der Waals surface area (Å²) in [5.41, 5.74) is 2.47. The SMILES string of the molecule is C(=Nc1ccc(C2CCCCC2)cc1)c1ccc(N2CCCC2)o1. The van der Waals surface area contributed by atoms with E-state index in [2.05, 4.69) is 40.2 Å². The quantitative estimate of drug-likeness (QED) is 0.678. The number of anilines is 1. The Kier molecular flexibility index (Phi) is 4.68. The molecule has 1 aromatic carbocycles. The molecule has 1 saturated carbocycles. The Morgan fingerprint density at radius 3 is 2.38 bits per heavy atom. The summed E-state index contributed by atoms with van der Waals surface area (Å²) in [6.45, 7) is 2.21. The number of aliphatic imine (C=N–C) groups is 1. The minimum Gasteiger partial charge on any atom is -0.440 e. The van der Waals surface area contributed by atoms with Crippen LogP contribution in [0.1, 0.15) is 62.2 Å². The van der Waals surface area contributed by atoms with Gasteiger partial charge in [0.2, 0.25) is 0 Å². The van der Waals surface area contributed by atoms with Crippen LogP contribution in [-0.4, -0.2) is 19.3 Å². The summed E-state index contributed by atoms with van der Waals surface area (Å²) in [6.07, 6.45) is 11.2. The Morgan fingerprint density at radius 1 is 0.875 bits per heavy atom. The van der Waals surface area contributed by atoms with Crippen LogP contribution in [-0.2, 0) is 0 Å². The van der Waals surface area contributed by atoms with Gasteiger partial charge in [0.1, 0.15) is 5.76 Å². The Balaban J connectivity index is 1.40. The summed E-state index contributed by atoms with van der Waals surface area (Å²) in [5.74, 6) is 2.56. The molecular weight excluding hydrogens is 296 g/mol. The third-order valence-corrected chi connectivity index (χ3v) is 5.34. The summed E-state index contributed by atoms with van der Waals surface area (Å²) in [7, 11) is 0. The van der Waals surface area contributed by atoms with Crippen LogP contribution in [0.2, 0.25) is 0 Å². The van der Waals surface area contributed by atoms with Gasteiger partial charge in [0.15, 0.2) is 5.88 Å². The van der Waals surface area contributed by atoms with Gasteiger partial charge in [-0.25, -0.2) is 0 Å². The lowest BCUT2D eigenvalue weighted by atomic mass is 9.84. The zero-order valence-electron chi connectivity index (χ0n) is 14.3. The van der Waals surface area contributed by atoms with E-state index >= 15 is 0 Å². The van der Waals surface area contributed by atoms with Crippen molar-refractivity contribution in [1.29, 1.82) is 0 Å². The second-order valence-corrected chi connectivity index (χ2v) is 7.05. The van der Waals surface area contributed by atoms with Gasteiger partial charge in [-0.05, 0) is 55.4 Å². The fraction of sp³-hybridized carbons (Fsp3) is 0.476. The molecular formula is C21H26N2O. The molecule has 0 N–H and O–H groups in total. The smallest absolute Gasteiger partial charge is 0.196 e. The summed E-state index contributed by atoms with van der Waals surface area (Å²) in [4.78, 5) is 6.87. The molecule has 2 aromatic rings. The van der Waals surface area contributed by atoms with Crippen LogP contribution >= 0.6 is 0 Å². The maximum absolute atomic E-state index is 5.88. The molecule has 0 atom stereocenters. The Labute approximate surface area is 144 Å². The van der Waals surface area contributed by atoms with Gasteiger partial charge in [0, 0.05) is 19.2 Å². The molecule has 1 aromatic heterocycles. The molecule has 0 amide bonds. The van der Waals surface area contributed by atoms with Gasteiger partial charge < -0.3 is 9.32 Å². The number of furan rings is 1. The average molecular weight is 322 g/mol. The van der Waals surface area contributed by atoms with Crippen molar-refractivity contribution in [3.05, 3.63) is 47.7 Å². The van der Waals surface area contributed by atoms with E-state index in [1.807, 2.05) is 12.3 Å². The molecule has 0 spiro atoms. The summed E-state index contributed by atoms with van der Waals surface area (Å²) < 4.78 is 5.88. The van der Waals surface area contributed by atoms with Crippen molar-refractivity contribution in [2.75, 3.05) is 18.0 Å². The zero-order chi connectivity index (χ0) is 16.2. The van der Waals surface area contributed by atoms with Gasteiger partial charge in [-0.1, -0.05) is 31.4 Å². The van der Waals surface area contributed by atoms with Gasteiger partial charge in [-0.3, -0.25) is 4.99 Å². The van der Waals surface area contributed by atoms with E-state index in [1.165, 1.54) is 50.5 Å². The average Bonchev–Trinajstić information content (AvgIpc) is 3.33. The molecule has 0 bridgehead atoms. The highest BCUT2D eigenvalue weighted by Crippen LogP contribution is 2.33. The lowest BCUT2D eigenvalue weighted by Crippen LogP contribution is -2.16. The highest BCUT2D eigenvalue weighted by Gasteiger charge is 2.16. The fourth-order valence-electron chi connectivity index (χ4n) is 3.93. The van der Waals surface area contributed by atoms with E-state index in [9.17, 15) is 0 Å². The first-order valence-corrected chi connectivity index (χ1v) is 9.37. The van der Waals surface area contributed by atoms with Crippen LogP contribution in [0, 0.1) is 0 Å². The third-order valence-electron chi connectivity index (χ3n) is 5.34. The van der Waals surface area contributed by atoms with Gasteiger partial charge in [0.25, 0.3) is 0 Å². The third kappa shape index (κ3) is 3.55. The lowest BCUT2D eigenvalue weighted by molar-refractivity contribution is 0.443. The zero-order valence-corrected chi connectivity index (χ0v) is 14.3. The molecule has 0 radical (unpaired) electrons. The van der Waals surface area contributed by atoms with Crippen LogP contribution in [0.25, 0.3) is 0 Å². The first kappa shape index (κ1) is 15.5. The van der Waals surface area contributed by atoms with E-state index in [1.54, 1.807) is 0 Å². The topological polar surface area (TPSA) is 28.7 Å². The number of rotatable bonds is 4. The van der Waals surface area contributed by atoms with E-state index in [4.69, 9.17) is 4.42 Å². The Hall–Kier alpha value is -2.03. The van der Waals surface area contributed by atoms with E-state index in [-0.39, 0.29) is 0 Å². The van der Waals surface area contributed by atoms with Crippen molar-refractivity contribution < 1.29 is 4.42 Å². The largest absolute Gasteiger partial charge is 0.440 e. The Bertz CT molecular complexity index is 674.